The summed E-state index contributed by atoms with van der Waals surface area (Å²) in [5, 5.41) is 3.32. The van der Waals surface area contributed by atoms with Crippen LogP contribution in [-0.4, -0.2) is 37.9 Å². The Balaban J connectivity index is 2.54. The highest BCUT2D eigenvalue weighted by molar-refractivity contribution is 5.76. The van der Waals surface area contributed by atoms with Gasteiger partial charge in [0.05, 0.1) is 13.2 Å². The lowest BCUT2D eigenvalue weighted by Crippen LogP contribution is -2.49. The molecule has 3 atom stereocenters. The average molecular weight is 215 g/mol. The van der Waals surface area contributed by atoms with Crippen LogP contribution in [0.25, 0.3) is 0 Å². The highest BCUT2D eigenvalue weighted by Gasteiger charge is 2.31. The van der Waals surface area contributed by atoms with E-state index in [4.69, 9.17) is 9.47 Å². The summed E-state index contributed by atoms with van der Waals surface area (Å²) in [5.74, 6) is 0.0364. The van der Waals surface area contributed by atoms with Crippen LogP contribution >= 0.6 is 0 Å². The summed E-state index contributed by atoms with van der Waals surface area (Å²) in [6, 6.07) is 0.0284. The molecule has 1 N–H and O–H groups in total. The van der Waals surface area contributed by atoms with Crippen LogP contribution in [0.4, 0.5) is 0 Å². The molecule has 0 aromatic carbocycles. The van der Waals surface area contributed by atoms with Gasteiger partial charge in [0.25, 0.3) is 0 Å². The van der Waals surface area contributed by atoms with Crippen molar-refractivity contribution < 1.29 is 14.3 Å². The fraction of sp³-hybridized carbons (Fsp3) is 0.909. The number of ether oxygens (including phenoxy) is 2. The van der Waals surface area contributed by atoms with E-state index in [1.807, 2.05) is 20.8 Å². The zero-order valence-corrected chi connectivity index (χ0v) is 9.95. The van der Waals surface area contributed by atoms with Crippen LogP contribution in [0.2, 0.25) is 0 Å². The molecule has 1 heterocycles. The van der Waals surface area contributed by atoms with Crippen molar-refractivity contribution in [2.45, 2.75) is 45.4 Å². The molecule has 0 aliphatic carbocycles. The van der Waals surface area contributed by atoms with E-state index in [0.29, 0.717) is 0 Å². The number of nitrogens with one attached hydrogen (secondary N) is 1. The second-order valence-corrected chi connectivity index (χ2v) is 4.38. The molecule has 0 saturated carbocycles. The van der Waals surface area contributed by atoms with E-state index < -0.39 is 0 Å². The van der Waals surface area contributed by atoms with E-state index >= 15 is 0 Å². The molecule has 4 heteroatoms. The van der Waals surface area contributed by atoms with Crippen molar-refractivity contribution in [1.82, 2.24) is 5.32 Å². The Bertz CT molecular complexity index is 218. The summed E-state index contributed by atoms with van der Waals surface area (Å²) in [7, 11) is 1.42. The molecule has 2 unspecified atom stereocenters. The summed E-state index contributed by atoms with van der Waals surface area (Å²) in [6.07, 6.45) is 1.14. The maximum absolute atomic E-state index is 11.5. The SMILES string of the molecule is COC(=O)[C@@H](NC1CCOC1C)C(C)C. The van der Waals surface area contributed by atoms with Gasteiger partial charge in [-0.05, 0) is 19.3 Å². The van der Waals surface area contributed by atoms with Crippen LogP contribution in [0.3, 0.4) is 0 Å². The van der Waals surface area contributed by atoms with E-state index in [-0.39, 0.29) is 30.1 Å². The van der Waals surface area contributed by atoms with Crippen molar-refractivity contribution in [3.63, 3.8) is 0 Å². The maximum atomic E-state index is 11.5. The van der Waals surface area contributed by atoms with Gasteiger partial charge in [0.15, 0.2) is 0 Å². The molecule has 88 valence electrons. The number of rotatable bonds is 4. The lowest BCUT2D eigenvalue weighted by molar-refractivity contribution is -0.144. The Morgan fingerprint density at radius 1 is 1.53 bits per heavy atom. The van der Waals surface area contributed by atoms with Gasteiger partial charge in [0.2, 0.25) is 0 Å². The normalized spacial score (nSPS) is 28.1. The molecular formula is C11H21NO3. The van der Waals surface area contributed by atoms with E-state index in [0.717, 1.165) is 13.0 Å². The predicted octanol–water partition coefficient (Wildman–Crippen LogP) is 0.951. The van der Waals surface area contributed by atoms with Crippen LogP contribution in [0, 0.1) is 5.92 Å². The standard InChI is InChI=1S/C11H21NO3/c1-7(2)10(11(13)14-4)12-9-5-6-15-8(9)3/h7-10,12H,5-6H2,1-4H3/t8?,9?,10-/m0/s1. The first-order chi connectivity index (χ1) is 7.06. The summed E-state index contributed by atoms with van der Waals surface area (Å²) in [6.45, 7) is 6.81. The second kappa shape index (κ2) is 5.47. The third-order valence-electron chi connectivity index (χ3n) is 2.89. The van der Waals surface area contributed by atoms with Crippen molar-refractivity contribution in [2.75, 3.05) is 13.7 Å². The number of esters is 1. The van der Waals surface area contributed by atoms with Crippen molar-refractivity contribution >= 4 is 5.97 Å². The predicted molar refractivity (Wildman–Crippen MR) is 57.6 cm³/mol. The average Bonchev–Trinajstić information content (AvgIpc) is 2.59. The van der Waals surface area contributed by atoms with Gasteiger partial charge in [-0.15, -0.1) is 0 Å². The summed E-state index contributed by atoms with van der Waals surface area (Å²) in [5.41, 5.74) is 0. The minimum Gasteiger partial charge on any atom is -0.468 e. The fourth-order valence-electron chi connectivity index (χ4n) is 1.84. The molecule has 1 rings (SSSR count). The van der Waals surface area contributed by atoms with Gasteiger partial charge < -0.3 is 9.47 Å². The third-order valence-corrected chi connectivity index (χ3v) is 2.89. The minimum absolute atomic E-state index is 0.177. The van der Waals surface area contributed by atoms with Crippen molar-refractivity contribution in [2.24, 2.45) is 5.92 Å². The first-order valence-electron chi connectivity index (χ1n) is 5.51. The summed E-state index contributed by atoms with van der Waals surface area (Å²) < 4.78 is 10.2. The van der Waals surface area contributed by atoms with Crippen molar-refractivity contribution in [3.8, 4) is 0 Å². The second-order valence-electron chi connectivity index (χ2n) is 4.38. The first kappa shape index (κ1) is 12.5. The molecule has 0 amide bonds. The molecule has 0 aromatic heterocycles. The Morgan fingerprint density at radius 3 is 2.60 bits per heavy atom. The number of carbonyl (C=O) groups excluding carboxylic acids is 1. The van der Waals surface area contributed by atoms with Gasteiger partial charge in [0, 0.05) is 12.6 Å². The molecule has 0 radical (unpaired) electrons. The minimum atomic E-state index is -0.232. The van der Waals surface area contributed by atoms with Gasteiger partial charge >= 0.3 is 5.97 Å². The molecule has 4 nitrogen and oxygen atoms in total. The van der Waals surface area contributed by atoms with Crippen LogP contribution < -0.4 is 5.32 Å². The quantitative estimate of drug-likeness (QED) is 0.709. The van der Waals surface area contributed by atoms with E-state index in [1.54, 1.807) is 0 Å². The lowest BCUT2D eigenvalue weighted by Gasteiger charge is -2.25. The van der Waals surface area contributed by atoms with E-state index in [1.165, 1.54) is 7.11 Å². The zero-order valence-electron chi connectivity index (χ0n) is 9.95. The van der Waals surface area contributed by atoms with Crippen LogP contribution in [0.1, 0.15) is 27.2 Å². The van der Waals surface area contributed by atoms with Crippen molar-refractivity contribution in [3.05, 3.63) is 0 Å². The highest BCUT2D eigenvalue weighted by Crippen LogP contribution is 2.15. The fourth-order valence-corrected chi connectivity index (χ4v) is 1.84. The molecule has 1 aliphatic rings. The summed E-state index contributed by atoms with van der Waals surface area (Å²) in [4.78, 5) is 11.5. The highest BCUT2D eigenvalue weighted by atomic mass is 16.5. The Labute approximate surface area is 91.3 Å². The number of hydrogen-bond acceptors (Lipinski definition) is 4. The molecule has 0 aromatic rings. The van der Waals surface area contributed by atoms with E-state index in [9.17, 15) is 4.79 Å². The first-order valence-corrected chi connectivity index (χ1v) is 5.51. The smallest absolute Gasteiger partial charge is 0.323 e. The van der Waals surface area contributed by atoms with Gasteiger partial charge in [-0.3, -0.25) is 10.1 Å². The summed E-state index contributed by atoms with van der Waals surface area (Å²) >= 11 is 0. The number of methoxy groups -OCH3 is 1. The van der Waals surface area contributed by atoms with Gasteiger partial charge in [-0.25, -0.2) is 0 Å². The molecule has 1 fully saturated rings. The number of hydrogen-bond donors (Lipinski definition) is 1. The monoisotopic (exact) mass is 215 g/mol. The molecule has 1 aliphatic heterocycles. The zero-order chi connectivity index (χ0) is 11.4. The maximum Gasteiger partial charge on any atom is 0.323 e. The largest absolute Gasteiger partial charge is 0.468 e. The molecule has 0 spiro atoms. The third kappa shape index (κ3) is 3.18. The van der Waals surface area contributed by atoms with Crippen LogP contribution in [-0.2, 0) is 14.3 Å². The lowest BCUT2D eigenvalue weighted by atomic mass is 10.0. The molecular weight excluding hydrogens is 194 g/mol. The van der Waals surface area contributed by atoms with Crippen molar-refractivity contribution in [1.29, 1.82) is 0 Å². The van der Waals surface area contributed by atoms with E-state index in [2.05, 4.69) is 5.32 Å². The topological polar surface area (TPSA) is 47.6 Å². The van der Waals surface area contributed by atoms with Gasteiger partial charge in [0.1, 0.15) is 6.04 Å². The van der Waals surface area contributed by atoms with Gasteiger partial charge in [-0.2, -0.15) is 0 Å². The Morgan fingerprint density at radius 2 is 2.20 bits per heavy atom. The molecule has 0 bridgehead atoms. The molecule has 15 heavy (non-hydrogen) atoms. The van der Waals surface area contributed by atoms with Crippen LogP contribution in [0.15, 0.2) is 0 Å². The van der Waals surface area contributed by atoms with Crippen LogP contribution in [0.5, 0.6) is 0 Å². The van der Waals surface area contributed by atoms with Gasteiger partial charge in [-0.1, -0.05) is 13.8 Å². The Kier molecular flexibility index (Phi) is 4.54. The number of carbonyl (C=O) groups is 1. The molecule has 1 saturated heterocycles. The Hall–Kier alpha value is -0.610.